The number of nitrogens with one attached hydrogen (secondary N) is 1. The van der Waals surface area contributed by atoms with Crippen molar-refractivity contribution in [3.8, 4) is 0 Å². The molecule has 1 aliphatic heterocycles. The molecule has 3 heterocycles. The Hall–Kier alpha value is -2.33. The first kappa shape index (κ1) is 17.5. The lowest BCUT2D eigenvalue weighted by Gasteiger charge is -2.27. The summed E-state index contributed by atoms with van der Waals surface area (Å²) in [5.74, 6) is 0.370. The Morgan fingerprint density at radius 2 is 2.12 bits per heavy atom. The van der Waals surface area contributed by atoms with Gasteiger partial charge in [0.15, 0.2) is 18.6 Å². The van der Waals surface area contributed by atoms with Crippen LogP contribution < -0.4 is 15.6 Å². The van der Waals surface area contributed by atoms with Crippen LogP contribution in [0.15, 0.2) is 47.7 Å². The number of hydrogen-bond donors (Lipinski definition) is 4. The Morgan fingerprint density at radius 3 is 2.72 bits per heavy atom. The highest BCUT2D eigenvalue weighted by molar-refractivity contribution is 5.30. The summed E-state index contributed by atoms with van der Waals surface area (Å²) in [6, 6.07) is 7.24. The van der Waals surface area contributed by atoms with E-state index >= 15 is 0 Å². The van der Waals surface area contributed by atoms with Crippen molar-refractivity contribution in [3.05, 3.63) is 53.3 Å². The van der Waals surface area contributed by atoms with Crippen LogP contribution in [0.1, 0.15) is 13.2 Å². The number of ether oxygens (including phenoxy) is 1. The minimum absolute atomic E-state index is 0.370. The van der Waals surface area contributed by atoms with Crippen LogP contribution in [-0.2, 0) is 11.4 Å². The molecule has 2 aromatic rings. The molecule has 0 bridgehead atoms. The third kappa shape index (κ3) is 3.40. The summed E-state index contributed by atoms with van der Waals surface area (Å²) >= 11 is 0. The van der Waals surface area contributed by atoms with Gasteiger partial charge >= 0.3 is 5.69 Å². The number of anilines is 1. The number of rotatable bonds is 5. The van der Waals surface area contributed by atoms with Crippen molar-refractivity contribution in [2.45, 2.75) is 37.6 Å². The SMILES string of the molecule is C[C@@]1(O)C(O)C(CO)OC1n1ccc(NC[n+]2ccccc2)nc1=O. The number of pyridine rings is 1. The van der Waals surface area contributed by atoms with Gasteiger partial charge in [0.1, 0.15) is 23.6 Å². The van der Waals surface area contributed by atoms with Crippen LogP contribution in [-0.4, -0.2) is 49.3 Å². The van der Waals surface area contributed by atoms with Crippen LogP contribution in [0, 0.1) is 0 Å². The summed E-state index contributed by atoms with van der Waals surface area (Å²) in [6.45, 7) is 1.31. The molecule has 1 fully saturated rings. The molecule has 0 saturated carbocycles. The number of hydrogen-bond acceptors (Lipinski definition) is 7. The van der Waals surface area contributed by atoms with Gasteiger partial charge in [0.25, 0.3) is 0 Å². The van der Waals surface area contributed by atoms with Crippen molar-refractivity contribution in [1.29, 1.82) is 0 Å². The lowest BCUT2D eigenvalue weighted by atomic mass is 9.96. The summed E-state index contributed by atoms with van der Waals surface area (Å²) in [5.41, 5.74) is -2.37. The van der Waals surface area contributed by atoms with E-state index in [9.17, 15) is 20.1 Å². The third-order valence-corrected chi connectivity index (χ3v) is 4.24. The molecule has 0 radical (unpaired) electrons. The first-order valence-electron chi connectivity index (χ1n) is 7.87. The minimum Gasteiger partial charge on any atom is -0.394 e. The topological polar surface area (TPSA) is 121 Å². The molecule has 0 aliphatic carbocycles. The van der Waals surface area contributed by atoms with Gasteiger partial charge in [-0.05, 0) is 13.0 Å². The number of aromatic nitrogens is 3. The molecule has 0 aromatic carbocycles. The Balaban J connectivity index is 1.77. The minimum atomic E-state index is -1.73. The Bertz CT molecular complexity index is 780. The number of aliphatic hydroxyl groups is 3. The lowest BCUT2D eigenvalue weighted by molar-refractivity contribution is -0.691. The average molecular weight is 349 g/mol. The van der Waals surface area contributed by atoms with Crippen LogP contribution in [0.5, 0.6) is 0 Å². The highest BCUT2D eigenvalue weighted by Gasteiger charge is 2.53. The maximum absolute atomic E-state index is 12.3. The van der Waals surface area contributed by atoms with Crippen molar-refractivity contribution in [2.24, 2.45) is 0 Å². The van der Waals surface area contributed by atoms with Gasteiger partial charge in [0, 0.05) is 18.3 Å². The molecule has 0 amide bonds. The Morgan fingerprint density at radius 1 is 1.40 bits per heavy atom. The van der Waals surface area contributed by atoms with Crippen LogP contribution in [0.4, 0.5) is 5.82 Å². The van der Waals surface area contributed by atoms with Crippen molar-refractivity contribution in [1.82, 2.24) is 9.55 Å². The van der Waals surface area contributed by atoms with E-state index in [0.29, 0.717) is 12.5 Å². The van der Waals surface area contributed by atoms with E-state index < -0.39 is 36.3 Å². The van der Waals surface area contributed by atoms with E-state index in [-0.39, 0.29) is 0 Å². The molecule has 1 saturated heterocycles. The molecule has 4 N–H and O–H groups in total. The first-order chi connectivity index (χ1) is 11.9. The second-order valence-corrected chi connectivity index (χ2v) is 6.11. The molecule has 3 unspecified atom stereocenters. The summed E-state index contributed by atoms with van der Waals surface area (Å²) in [5, 5.41) is 32.7. The molecule has 1 aliphatic rings. The van der Waals surface area contributed by atoms with Crippen molar-refractivity contribution < 1.29 is 24.6 Å². The maximum atomic E-state index is 12.3. The number of aliphatic hydroxyl groups excluding tert-OH is 2. The van der Waals surface area contributed by atoms with Crippen LogP contribution in [0.3, 0.4) is 0 Å². The quantitative estimate of drug-likeness (QED) is 0.490. The zero-order valence-corrected chi connectivity index (χ0v) is 13.7. The van der Waals surface area contributed by atoms with Gasteiger partial charge in [-0.2, -0.15) is 9.55 Å². The second kappa shape index (κ2) is 6.89. The first-order valence-corrected chi connectivity index (χ1v) is 7.87. The highest BCUT2D eigenvalue weighted by Crippen LogP contribution is 2.37. The zero-order valence-electron chi connectivity index (χ0n) is 13.7. The summed E-state index contributed by atoms with van der Waals surface area (Å²) < 4.78 is 8.39. The molecule has 134 valence electrons. The third-order valence-electron chi connectivity index (χ3n) is 4.24. The fraction of sp³-hybridized carbons (Fsp3) is 0.438. The van der Waals surface area contributed by atoms with Gasteiger partial charge in [-0.25, -0.2) is 4.79 Å². The van der Waals surface area contributed by atoms with E-state index in [2.05, 4.69) is 10.3 Å². The Kier molecular flexibility index (Phi) is 4.82. The van der Waals surface area contributed by atoms with Crippen molar-refractivity contribution in [2.75, 3.05) is 11.9 Å². The van der Waals surface area contributed by atoms with Gasteiger partial charge in [0.05, 0.1) is 6.61 Å². The van der Waals surface area contributed by atoms with E-state index in [4.69, 9.17) is 4.74 Å². The Labute approximate surface area is 143 Å². The van der Waals surface area contributed by atoms with Gasteiger partial charge < -0.3 is 25.4 Å². The molecular weight excluding hydrogens is 328 g/mol. The van der Waals surface area contributed by atoms with Crippen molar-refractivity contribution >= 4 is 5.82 Å². The van der Waals surface area contributed by atoms with Gasteiger partial charge in [0.2, 0.25) is 6.67 Å². The van der Waals surface area contributed by atoms with E-state index in [1.54, 1.807) is 6.07 Å². The molecule has 25 heavy (non-hydrogen) atoms. The fourth-order valence-corrected chi connectivity index (χ4v) is 2.79. The maximum Gasteiger partial charge on any atom is 0.351 e. The molecule has 2 aromatic heterocycles. The lowest BCUT2D eigenvalue weighted by Crippen LogP contribution is -2.46. The predicted molar refractivity (Wildman–Crippen MR) is 86.4 cm³/mol. The molecule has 9 heteroatoms. The van der Waals surface area contributed by atoms with Crippen LogP contribution in [0.2, 0.25) is 0 Å². The van der Waals surface area contributed by atoms with Gasteiger partial charge in [-0.1, -0.05) is 6.07 Å². The van der Waals surface area contributed by atoms with Crippen molar-refractivity contribution in [3.63, 3.8) is 0 Å². The largest absolute Gasteiger partial charge is 0.394 e. The monoisotopic (exact) mass is 349 g/mol. The summed E-state index contributed by atoms with van der Waals surface area (Å²) in [6.07, 6.45) is 1.74. The molecule has 4 atom stereocenters. The van der Waals surface area contributed by atoms with Crippen LogP contribution >= 0.6 is 0 Å². The molecular formula is C16H21N4O5+. The zero-order chi connectivity index (χ0) is 18.0. The molecule has 3 rings (SSSR count). The smallest absolute Gasteiger partial charge is 0.351 e. The normalized spacial score (nSPS) is 28.9. The molecule has 9 nitrogen and oxygen atoms in total. The highest BCUT2D eigenvalue weighted by atomic mass is 16.6. The van der Waals surface area contributed by atoms with Gasteiger partial charge in [-0.3, -0.25) is 4.57 Å². The fourth-order valence-electron chi connectivity index (χ4n) is 2.79. The number of nitrogens with zero attached hydrogens (tertiary/aromatic N) is 3. The summed E-state index contributed by atoms with van der Waals surface area (Å²) in [7, 11) is 0. The second-order valence-electron chi connectivity index (χ2n) is 6.11. The summed E-state index contributed by atoms with van der Waals surface area (Å²) in [4.78, 5) is 16.2. The van der Waals surface area contributed by atoms with E-state index in [1.165, 1.54) is 13.1 Å². The average Bonchev–Trinajstić information content (AvgIpc) is 2.84. The standard InChI is InChI=1S/C16H20N4O5/c1-16(24)13(22)11(9-21)25-14(16)20-8-5-12(18-15(20)23)17-10-19-6-3-2-4-7-19/h2-8,11,13-14,21-22,24H,9-10H2,1H3/p+1/t11?,13?,14?,16-/m1/s1. The van der Waals surface area contributed by atoms with E-state index in [1.807, 2.05) is 35.2 Å². The predicted octanol–water partition coefficient (Wildman–Crippen LogP) is -1.40. The van der Waals surface area contributed by atoms with Gasteiger partial charge in [-0.15, -0.1) is 0 Å². The molecule has 0 spiro atoms. The van der Waals surface area contributed by atoms with Crippen LogP contribution in [0.25, 0.3) is 0 Å². The van der Waals surface area contributed by atoms with E-state index in [0.717, 1.165) is 4.57 Å².